The summed E-state index contributed by atoms with van der Waals surface area (Å²) in [5, 5.41) is 3.44. The van der Waals surface area contributed by atoms with Gasteiger partial charge < -0.3 is 9.45 Å². The topological polar surface area (TPSA) is 86.3 Å². The average Bonchev–Trinajstić information content (AvgIpc) is 3.45. The minimum absolute atomic E-state index is 0.0822. The van der Waals surface area contributed by atoms with E-state index in [0.29, 0.717) is 6.54 Å². The van der Waals surface area contributed by atoms with E-state index in [0.717, 1.165) is 25.5 Å². The number of thiazole rings is 1. The molecule has 0 spiro atoms. The van der Waals surface area contributed by atoms with Crippen LogP contribution in [0.3, 0.4) is 0 Å². The van der Waals surface area contributed by atoms with Gasteiger partial charge >= 0.3 is 0 Å². The second kappa shape index (κ2) is 11.7. The lowest BCUT2D eigenvalue weighted by Crippen LogP contribution is -2.34. The van der Waals surface area contributed by atoms with Gasteiger partial charge in [-0.3, -0.25) is 9.36 Å². The molecule has 0 amide bonds. The van der Waals surface area contributed by atoms with Crippen LogP contribution in [0.1, 0.15) is 18.2 Å². The molecule has 0 aliphatic carbocycles. The molecule has 0 atom stereocenters. The van der Waals surface area contributed by atoms with E-state index in [1.807, 2.05) is 43.8 Å². The number of hydrogen-bond acceptors (Lipinski definition) is 7. The summed E-state index contributed by atoms with van der Waals surface area (Å²) in [6.45, 7) is 4.50. The third-order valence-corrected chi connectivity index (χ3v) is 10.1. The van der Waals surface area contributed by atoms with Gasteiger partial charge in [0.15, 0.2) is 6.20 Å². The highest BCUT2D eigenvalue weighted by Gasteiger charge is 2.26. The van der Waals surface area contributed by atoms with Crippen molar-refractivity contribution in [1.29, 1.82) is 0 Å². The first kappa shape index (κ1) is 28.8. The molecular formula is C31H29N3O4S3. The Morgan fingerprint density at radius 1 is 0.976 bits per heavy atom. The van der Waals surface area contributed by atoms with E-state index < -0.39 is 10.1 Å². The maximum atomic E-state index is 13.3. The van der Waals surface area contributed by atoms with E-state index >= 15 is 0 Å². The molecule has 0 bridgehead atoms. The van der Waals surface area contributed by atoms with Crippen molar-refractivity contribution < 1.29 is 17.5 Å². The molecule has 3 aromatic carbocycles. The Morgan fingerprint density at radius 2 is 1.68 bits per heavy atom. The van der Waals surface area contributed by atoms with Crippen molar-refractivity contribution in [3.05, 3.63) is 116 Å². The monoisotopic (exact) mass is 603 g/mol. The fraction of sp³-hybridized carbons (Fsp3) is 0.161. The summed E-state index contributed by atoms with van der Waals surface area (Å²) in [7, 11) is -0.184. The number of aromatic nitrogens is 2. The van der Waals surface area contributed by atoms with Crippen molar-refractivity contribution in [3.63, 3.8) is 0 Å². The van der Waals surface area contributed by atoms with E-state index in [1.54, 1.807) is 35.2 Å². The van der Waals surface area contributed by atoms with Crippen molar-refractivity contribution in [2.75, 3.05) is 11.9 Å². The highest BCUT2D eigenvalue weighted by atomic mass is 32.2. The number of anilines is 1. The summed E-state index contributed by atoms with van der Waals surface area (Å²) in [5.74, 6) is 0. The molecule has 5 aromatic rings. The van der Waals surface area contributed by atoms with Crippen LogP contribution in [0, 0.1) is 6.92 Å². The van der Waals surface area contributed by atoms with Gasteiger partial charge in [0.25, 0.3) is 5.56 Å². The molecule has 1 aliphatic heterocycles. The fourth-order valence-corrected chi connectivity index (χ4v) is 7.57. The summed E-state index contributed by atoms with van der Waals surface area (Å²) in [5.41, 5.74) is 3.26. The quantitative estimate of drug-likeness (QED) is 0.229. The first-order valence-corrected chi connectivity index (χ1v) is 16.0. The summed E-state index contributed by atoms with van der Waals surface area (Å²) in [6, 6.07) is 24.6. The second-order valence-corrected chi connectivity index (χ2v) is 13.0. The van der Waals surface area contributed by atoms with E-state index in [-0.39, 0.29) is 10.5 Å². The van der Waals surface area contributed by atoms with Crippen LogP contribution < -0.4 is 24.2 Å². The van der Waals surface area contributed by atoms with E-state index in [9.17, 15) is 17.8 Å². The van der Waals surface area contributed by atoms with Crippen LogP contribution in [-0.4, -0.2) is 24.6 Å². The molecule has 0 unspecified atom stereocenters. The molecule has 0 N–H and O–H groups in total. The Morgan fingerprint density at radius 3 is 2.37 bits per heavy atom. The van der Waals surface area contributed by atoms with Crippen molar-refractivity contribution in [2.24, 2.45) is 7.05 Å². The third kappa shape index (κ3) is 5.87. The molecule has 0 saturated heterocycles. The molecule has 210 valence electrons. The number of fused-ring (bicyclic) bond motifs is 3. The van der Waals surface area contributed by atoms with Crippen molar-refractivity contribution in [1.82, 2.24) is 4.57 Å². The molecule has 0 saturated carbocycles. The predicted octanol–water partition coefficient (Wildman–Crippen LogP) is 3.94. The summed E-state index contributed by atoms with van der Waals surface area (Å²) >= 11 is 3.26. The maximum absolute atomic E-state index is 13.3. The zero-order valence-corrected chi connectivity index (χ0v) is 25.5. The van der Waals surface area contributed by atoms with Crippen LogP contribution in [0.4, 0.5) is 5.69 Å². The maximum Gasteiger partial charge on any atom is 0.271 e. The molecule has 6 rings (SSSR count). The Labute approximate surface area is 247 Å². The molecular weight excluding hydrogens is 575 g/mol. The molecule has 3 heterocycles. The number of hydrogen-bond donors (Lipinski definition) is 0. The lowest BCUT2D eigenvalue weighted by atomic mass is 10.1. The van der Waals surface area contributed by atoms with Crippen LogP contribution in [-0.2, 0) is 23.7 Å². The first-order chi connectivity index (χ1) is 19.6. The van der Waals surface area contributed by atoms with E-state index in [2.05, 4.69) is 65.1 Å². The number of pyridine rings is 1. The van der Waals surface area contributed by atoms with Gasteiger partial charge in [-0.1, -0.05) is 59.8 Å². The molecule has 41 heavy (non-hydrogen) atoms. The lowest BCUT2D eigenvalue weighted by Gasteiger charge is -2.15. The van der Waals surface area contributed by atoms with E-state index in [1.165, 1.54) is 33.5 Å². The third-order valence-electron chi connectivity index (χ3n) is 6.81. The van der Waals surface area contributed by atoms with Gasteiger partial charge in [-0.2, -0.15) is 0 Å². The minimum atomic E-state index is -4.27. The van der Waals surface area contributed by atoms with Gasteiger partial charge in [-0.25, -0.2) is 13.0 Å². The molecule has 0 radical (unpaired) electrons. The van der Waals surface area contributed by atoms with Gasteiger partial charge in [0.05, 0.1) is 10.6 Å². The summed E-state index contributed by atoms with van der Waals surface area (Å²) in [6.07, 6.45) is 4.12. The van der Waals surface area contributed by atoms with Crippen LogP contribution >= 0.6 is 23.1 Å². The molecule has 1 aliphatic rings. The molecule has 2 aromatic heterocycles. The summed E-state index contributed by atoms with van der Waals surface area (Å²) in [4.78, 5) is 16.5. The van der Waals surface area contributed by atoms with Crippen molar-refractivity contribution >= 4 is 60.8 Å². The van der Waals surface area contributed by atoms with Gasteiger partial charge in [-0.15, -0.1) is 11.3 Å². The average molecular weight is 604 g/mol. The predicted molar refractivity (Wildman–Crippen MR) is 165 cm³/mol. The number of benzene rings is 3. The van der Waals surface area contributed by atoms with Crippen LogP contribution in [0.5, 0.6) is 0 Å². The Balaban J connectivity index is 0.000000259. The van der Waals surface area contributed by atoms with Crippen LogP contribution in [0.25, 0.3) is 21.9 Å². The first-order valence-electron chi connectivity index (χ1n) is 12.9. The minimum Gasteiger partial charge on any atom is -0.744 e. The number of rotatable bonds is 3. The van der Waals surface area contributed by atoms with Crippen molar-refractivity contribution in [2.45, 2.75) is 30.2 Å². The second-order valence-electron chi connectivity index (χ2n) is 9.57. The molecule has 10 heteroatoms. The van der Waals surface area contributed by atoms with Crippen molar-refractivity contribution in [3.8, 4) is 0 Å². The standard InChI is InChI=1S/C24H22N3OS2.C7H8O3S/c1-4-27-20(15-17-10-7-8-14-25(17)2)30-22(23(27)28)24-26(3)21-18-11-6-5-9-16(18)12-13-19(21)29-24;1-6-2-4-7(5-3-6)11(8,9)10/h5-15H,4H2,1-3H3;2-5H,1H3,(H,8,9,10)/q+1;/p-1/b24-22+;. The number of thioether (sulfide) groups is 1. The highest BCUT2D eigenvalue weighted by Crippen LogP contribution is 2.48. The Hall–Kier alpha value is -3.70. The fourth-order valence-electron chi connectivity index (χ4n) is 4.62. The highest BCUT2D eigenvalue weighted by molar-refractivity contribution is 8.08. The van der Waals surface area contributed by atoms with Gasteiger partial charge in [-0.05, 0) is 43.5 Å². The SMILES string of the molecule is CCn1c(=O)/c(=C2\Sc3ccc4ccccc4c3N2C)s/c1=C\c1cccc[n+]1C.Cc1ccc(S(=O)(=O)[O-])cc1. The van der Waals surface area contributed by atoms with Gasteiger partial charge in [0, 0.05) is 42.1 Å². The summed E-state index contributed by atoms with van der Waals surface area (Å²) < 4.78 is 36.9. The Kier molecular flexibility index (Phi) is 8.19. The van der Waals surface area contributed by atoms with Gasteiger partial charge in [0.2, 0.25) is 5.69 Å². The molecule has 0 fully saturated rings. The number of aryl methyl sites for hydroxylation is 2. The lowest BCUT2D eigenvalue weighted by molar-refractivity contribution is -0.673. The number of nitrogens with zero attached hydrogens (tertiary/aromatic N) is 3. The zero-order valence-electron chi connectivity index (χ0n) is 23.1. The normalized spacial score (nSPS) is 14.7. The Bertz CT molecular complexity index is 2050. The largest absolute Gasteiger partial charge is 0.744 e. The van der Waals surface area contributed by atoms with Gasteiger partial charge in [0.1, 0.15) is 31.4 Å². The molecule has 7 nitrogen and oxygen atoms in total. The zero-order chi connectivity index (χ0) is 29.3. The van der Waals surface area contributed by atoms with Crippen LogP contribution in [0.15, 0.2) is 99.6 Å². The smallest absolute Gasteiger partial charge is 0.271 e. The van der Waals surface area contributed by atoms with Crippen LogP contribution in [0.2, 0.25) is 0 Å². The van der Waals surface area contributed by atoms with E-state index in [4.69, 9.17) is 0 Å².